The fraction of sp³-hybridized carbons (Fsp3) is 0.0667. The van der Waals surface area contributed by atoms with Crippen LogP contribution in [0.5, 0.6) is 0 Å². The van der Waals surface area contributed by atoms with E-state index in [0.29, 0.717) is 17.0 Å². The topological polar surface area (TPSA) is 57.4 Å². The van der Waals surface area contributed by atoms with Gasteiger partial charge in [0.15, 0.2) is 0 Å². The van der Waals surface area contributed by atoms with Gasteiger partial charge in [0, 0.05) is 38.7 Å². The van der Waals surface area contributed by atoms with Crippen LogP contribution in [0.3, 0.4) is 0 Å². The number of rotatable bonds is 4. The lowest BCUT2D eigenvalue weighted by Gasteiger charge is -2.21. The van der Waals surface area contributed by atoms with Crippen LogP contribution >= 0.6 is 0 Å². The Hall–Kier alpha value is -6.62. The summed E-state index contributed by atoms with van der Waals surface area (Å²) in [6.45, 7) is 2.24. The number of allylic oxidation sites excluding steroid dienone is 1. The number of nitrogens with zero attached hydrogens (tertiary/aromatic N) is 4. The predicted octanol–water partition coefficient (Wildman–Crippen LogP) is 11.0. The highest BCUT2D eigenvalue weighted by Crippen LogP contribution is 2.44. The molecule has 0 radical (unpaired) electrons. The van der Waals surface area contributed by atoms with E-state index in [4.69, 9.17) is 0 Å². The fourth-order valence-electron chi connectivity index (χ4n) is 7.81. The summed E-state index contributed by atoms with van der Waals surface area (Å²) in [6.07, 6.45) is 5.42. The monoisotopic (exact) mass is 626 g/mol. The maximum Gasteiger partial charge on any atom is 0.0998 e. The van der Waals surface area contributed by atoms with Crippen molar-refractivity contribution in [3.63, 3.8) is 0 Å². The van der Waals surface area contributed by atoms with E-state index in [1.54, 1.807) is 0 Å². The summed E-state index contributed by atoms with van der Waals surface area (Å²) in [5.74, 6) is 0.397. The Labute approximate surface area is 284 Å². The Morgan fingerprint density at radius 1 is 0.612 bits per heavy atom. The number of fused-ring (bicyclic) bond motifs is 6. The molecule has 0 amide bonds. The Morgan fingerprint density at radius 3 is 2.08 bits per heavy atom. The quantitative estimate of drug-likeness (QED) is 0.195. The van der Waals surface area contributed by atoms with Gasteiger partial charge in [-0.15, -0.1) is 0 Å². The molecule has 0 saturated carbocycles. The Kier molecular flexibility index (Phi) is 6.57. The molecule has 2 aromatic heterocycles. The molecule has 0 fully saturated rings. The van der Waals surface area contributed by atoms with Crippen LogP contribution in [0.25, 0.3) is 72.4 Å². The largest absolute Gasteiger partial charge is 0.309 e. The van der Waals surface area contributed by atoms with E-state index in [9.17, 15) is 10.5 Å². The van der Waals surface area contributed by atoms with Crippen molar-refractivity contribution in [2.75, 3.05) is 0 Å². The zero-order valence-electron chi connectivity index (χ0n) is 26.9. The zero-order chi connectivity index (χ0) is 33.1. The SMILES string of the molecule is CC1C=Cc2c(c3cc(C#N)ccc3n2-c2cccc(-c3ccccc3C#N)c2-c2cccc(-n3c4ccccc4c4ccccc43)c2)C1. The summed E-state index contributed by atoms with van der Waals surface area (Å²) in [7, 11) is 0. The molecule has 0 spiro atoms. The third-order valence-corrected chi connectivity index (χ3v) is 9.94. The van der Waals surface area contributed by atoms with Gasteiger partial charge in [-0.05, 0) is 89.7 Å². The van der Waals surface area contributed by atoms with Gasteiger partial charge < -0.3 is 9.13 Å². The van der Waals surface area contributed by atoms with Crippen LogP contribution in [-0.4, -0.2) is 9.13 Å². The van der Waals surface area contributed by atoms with E-state index in [2.05, 4.69) is 137 Å². The number of aromatic nitrogens is 2. The predicted molar refractivity (Wildman–Crippen MR) is 200 cm³/mol. The van der Waals surface area contributed by atoms with Gasteiger partial charge in [-0.2, -0.15) is 10.5 Å². The molecule has 9 rings (SSSR count). The van der Waals surface area contributed by atoms with E-state index in [1.165, 1.54) is 16.3 Å². The molecule has 1 aliphatic carbocycles. The molecule has 1 unspecified atom stereocenters. The minimum Gasteiger partial charge on any atom is -0.309 e. The number of hydrogen-bond acceptors (Lipinski definition) is 2. The maximum atomic E-state index is 10.2. The lowest BCUT2D eigenvalue weighted by atomic mass is 9.90. The van der Waals surface area contributed by atoms with Crippen molar-refractivity contribution < 1.29 is 0 Å². The molecule has 230 valence electrons. The number of para-hydroxylation sites is 2. The van der Waals surface area contributed by atoms with Gasteiger partial charge in [0.25, 0.3) is 0 Å². The Bertz CT molecular complexity index is 2690. The van der Waals surface area contributed by atoms with Crippen molar-refractivity contribution in [2.45, 2.75) is 13.3 Å². The number of nitriles is 2. The summed E-state index contributed by atoms with van der Waals surface area (Å²) < 4.78 is 4.70. The molecule has 0 N–H and O–H groups in total. The van der Waals surface area contributed by atoms with Gasteiger partial charge in [-0.1, -0.05) is 91.9 Å². The lowest BCUT2D eigenvalue weighted by Crippen LogP contribution is -2.07. The van der Waals surface area contributed by atoms with Crippen molar-refractivity contribution in [2.24, 2.45) is 5.92 Å². The number of hydrogen-bond donors (Lipinski definition) is 0. The minimum absolute atomic E-state index is 0.397. The molecule has 0 bridgehead atoms. The van der Waals surface area contributed by atoms with Gasteiger partial charge in [-0.25, -0.2) is 0 Å². The molecule has 1 aliphatic rings. The summed E-state index contributed by atoms with van der Waals surface area (Å²) in [5, 5.41) is 23.6. The molecule has 0 saturated heterocycles. The summed E-state index contributed by atoms with van der Waals surface area (Å²) in [4.78, 5) is 0. The van der Waals surface area contributed by atoms with E-state index >= 15 is 0 Å². The van der Waals surface area contributed by atoms with Crippen molar-refractivity contribution >= 4 is 38.8 Å². The van der Waals surface area contributed by atoms with E-state index < -0.39 is 0 Å². The first kappa shape index (κ1) is 28.6. The van der Waals surface area contributed by atoms with Crippen LogP contribution < -0.4 is 0 Å². The normalized spacial score (nSPS) is 13.8. The lowest BCUT2D eigenvalue weighted by molar-refractivity contribution is 0.718. The van der Waals surface area contributed by atoms with Crippen molar-refractivity contribution in [3.8, 4) is 45.8 Å². The molecule has 2 heterocycles. The molecule has 4 heteroatoms. The molecule has 1 atom stereocenters. The summed E-state index contributed by atoms with van der Waals surface area (Å²) >= 11 is 0. The van der Waals surface area contributed by atoms with Crippen LogP contribution in [0.2, 0.25) is 0 Å². The van der Waals surface area contributed by atoms with Crippen LogP contribution in [0.4, 0.5) is 0 Å². The molecule has 6 aromatic carbocycles. The molecule has 4 nitrogen and oxygen atoms in total. The van der Waals surface area contributed by atoms with Crippen LogP contribution in [0.1, 0.15) is 29.3 Å². The first-order valence-corrected chi connectivity index (χ1v) is 16.6. The highest BCUT2D eigenvalue weighted by Gasteiger charge is 2.25. The van der Waals surface area contributed by atoms with Gasteiger partial charge in [-0.3, -0.25) is 0 Å². The van der Waals surface area contributed by atoms with Crippen molar-refractivity contribution in [1.82, 2.24) is 9.13 Å². The third-order valence-electron chi connectivity index (χ3n) is 9.94. The smallest absolute Gasteiger partial charge is 0.0998 e. The van der Waals surface area contributed by atoms with Crippen LogP contribution in [-0.2, 0) is 6.42 Å². The third kappa shape index (κ3) is 4.43. The second-order valence-corrected chi connectivity index (χ2v) is 12.9. The fourth-order valence-corrected chi connectivity index (χ4v) is 7.81. The maximum absolute atomic E-state index is 10.2. The average molecular weight is 627 g/mol. The highest BCUT2D eigenvalue weighted by molar-refractivity contribution is 6.09. The molecule has 49 heavy (non-hydrogen) atoms. The average Bonchev–Trinajstić information content (AvgIpc) is 3.66. The Morgan fingerprint density at radius 2 is 1.31 bits per heavy atom. The minimum atomic E-state index is 0.397. The van der Waals surface area contributed by atoms with Crippen molar-refractivity contribution in [1.29, 1.82) is 10.5 Å². The van der Waals surface area contributed by atoms with Crippen LogP contribution in [0, 0.1) is 28.6 Å². The zero-order valence-corrected chi connectivity index (χ0v) is 26.9. The van der Waals surface area contributed by atoms with Gasteiger partial charge in [0.05, 0.1) is 45.5 Å². The molecule has 0 aliphatic heterocycles. The Balaban J connectivity index is 1.38. The van der Waals surface area contributed by atoms with Gasteiger partial charge in [0.2, 0.25) is 0 Å². The second kappa shape index (κ2) is 11.3. The van der Waals surface area contributed by atoms with Gasteiger partial charge >= 0.3 is 0 Å². The van der Waals surface area contributed by atoms with Crippen molar-refractivity contribution in [3.05, 3.63) is 162 Å². The van der Waals surface area contributed by atoms with Gasteiger partial charge in [0.1, 0.15) is 0 Å². The van der Waals surface area contributed by atoms with Crippen LogP contribution in [0.15, 0.2) is 140 Å². The van der Waals surface area contributed by atoms with E-state index in [0.717, 1.165) is 67.7 Å². The molecular formula is C45H30N4. The van der Waals surface area contributed by atoms with E-state index in [1.807, 2.05) is 36.4 Å². The van der Waals surface area contributed by atoms with E-state index in [-0.39, 0.29) is 0 Å². The molecular weight excluding hydrogens is 597 g/mol. The molecule has 8 aromatic rings. The number of benzene rings is 6. The summed E-state index contributed by atoms with van der Waals surface area (Å²) in [6, 6.07) is 51.0. The second-order valence-electron chi connectivity index (χ2n) is 12.9. The summed E-state index contributed by atoms with van der Waals surface area (Å²) in [5.41, 5.74) is 13.1. The highest BCUT2D eigenvalue weighted by atomic mass is 15.0. The first-order chi connectivity index (χ1) is 24.1. The standard InChI is InChI=1S/C45H30N4/c1-29-20-22-42-38(24-29)39-25-30(27-46)21-23-43(39)49(42)44-19-9-16-37(34-13-3-2-10-32(34)28-47)45(44)31-11-8-12-33(26-31)48-40-17-6-4-14-35(40)36-15-5-7-18-41(36)48/h2-23,25-26,29H,24H2,1H3. The first-order valence-electron chi connectivity index (χ1n) is 16.6.